The van der Waals surface area contributed by atoms with Crippen LogP contribution in [0.15, 0.2) is 162 Å². The molecule has 26 heteroatoms. The Hall–Kier alpha value is -9.24. The maximum absolute atomic E-state index is 13.4. The van der Waals surface area contributed by atoms with Crippen molar-refractivity contribution < 1.29 is 34.7 Å². The van der Waals surface area contributed by atoms with Gasteiger partial charge in [-0.2, -0.15) is 0 Å². The van der Waals surface area contributed by atoms with E-state index < -0.39 is 19.7 Å². The third-order valence-electron chi connectivity index (χ3n) is 12.2. The molecule has 0 bridgehead atoms. The number of ether oxygens (including phenoxy) is 1. The fourth-order valence-corrected chi connectivity index (χ4v) is 9.90. The third-order valence-corrected chi connectivity index (χ3v) is 14.4. The van der Waals surface area contributed by atoms with E-state index in [4.69, 9.17) is 9.72 Å². The van der Waals surface area contributed by atoms with Crippen LogP contribution in [0.2, 0.25) is 0 Å². The van der Waals surface area contributed by atoms with Crippen LogP contribution in [0.5, 0.6) is 0 Å². The number of thioether (sulfide) groups is 1. The number of sulfone groups is 2. The zero-order valence-corrected chi connectivity index (χ0v) is 46.1. The largest absolute Gasteiger partial charge is 0.378 e. The molecule has 12 rings (SSSR count). The van der Waals surface area contributed by atoms with Crippen molar-refractivity contribution >= 4 is 48.4 Å². The Balaban J connectivity index is 0.000000137. The van der Waals surface area contributed by atoms with Gasteiger partial charge in [-0.25, -0.2) is 74.9 Å². The van der Waals surface area contributed by atoms with Crippen molar-refractivity contribution in [3.63, 3.8) is 0 Å². The summed E-state index contributed by atoms with van der Waals surface area (Å²) in [5.74, 6) is -1.01. The molecule has 0 saturated carbocycles. The van der Waals surface area contributed by atoms with Gasteiger partial charge in [0.1, 0.15) is 23.1 Å². The zero-order chi connectivity index (χ0) is 57.2. The lowest BCUT2D eigenvalue weighted by Crippen LogP contribution is -2.05. The van der Waals surface area contributed by atoms with Gasteiger partial charge in [0, 0.05) is 92.1 Å². The summed E-state index contributed by atoms with van der Waals surface area (Å²) >= 11 is 1.48. The molecule has 0 fully saturated rings. The highest BCUT2D eigenvalue weighted by Gasteiger charge is 2.24. The lowest BCUT2D eigenvalue weighted by Gasteiger charge is -2.07. The predicted octanol–water partition coefficient (Wildman–Crippen LogP) is 9.27. The SMILES string of the molecule is COCc1nccn2c(-c3ccnc(S(C)(=O)=O)n3)c(-c3ccc(F)cc3)nc12.CSc1nccc(-c2c(-c3ccc(F)cc3)nc3c(C)nccn23)n1.Cc1nccn2c(-c3ccnc(S(C)(=O)=O)n3)c(-c3ccc(F)cc3)nc12. The summed E-state index contributed by atoms with van der Waals surface area (Å²) in [6.07, 6.45) is 18.8. The normalized spacial score (nSPS) is 11.6. The number of aromatic nitrogens is 15. The highest BCUT2D eigenvalue weighted by Crippen LogP contribution is 2.36. The Bertz CT molecular complexity index is 4550. The Kier molecular flexibility index (Phi) is 15.5. The smallest absolute Gasteiger partial charge is 0.247 e. The minimum Gasteiger partial charge on any atom is -0.378 e. The van der Waals surface area contributed by atoms with E-state index >= 15 is 0 Å². The number of hydrogen-bond donors (Lipinski definition) is 0. The first kappa shape index (κ1) is 55.1. The molecule has 9 heterocycles. The van der Waals surface area contributed by atoms with Gasteiger partial charge < -0.3 is 4.74 Å². The van der Waals surface area contributed by atoms with Crippen molar-refractivity contribution in [2.75, 3.05) is 25.9 Å². The molecule has 81 heavy (non-hydrogen) atoms. The molecule has 0 N–H and O–H groups in total. The first-order chi connectivity index (χ1) is 38.9. The molecule has 9 aromatic heterocycles. The topological polar surface area (TPSA) is 245 Å². The molecular formula is C55H44F3N15O5S3. The number of fused-ring (bicyclic) bond motifs is 3. The molecule has 0 spiro atoms. The number of hydrogen-bond acceptors (Lipinski definition) is 18. The summed E-state index contributed by atoms with van der Waals surface area (Å²) in [5, 5.41) is 0.121. The minimum absolute atomic E-state index is 0.238. The average Bonchev–Trinajstić information content (AvgIpc) is 4.24. The fourth-order valence-electron chi connectivity index (χ4n) is 8.51. The predicted molar refractivity (Wildman–Crippen MR) is 296 cm³/mol. The first-order valence-electron chi connectivity index (χ1n) is 24.1. The Morgan fingerprint density at radius 3 is 1.20 bits per heavy atom. The van der Waals surface area contributed by atoms with E-state index in [1.54, 1.807) is 102 Å². The Morgan fingerprint density at radius 1 is 0.457 bits per heavy atom. The molecular weight excluding hydrogens is 1100 g/mol. The highest BCUT2D eigenvalue weighted by atomic mass is 32.2. The van der Waals surface area contributed by atoms with Crippen LogP contribution in [0.4, 0.5) is 13.2 Å². The molecule has 0 aliphatic heterocycles. The van der Waals surface area contributed by atoms with Crippen molar-refractivity contribution in [3.05, 3.63) is 181 Å². The standard InChI is InChI=1S/C19H16FN5O3S.C18H14FN5O2S.C18H14FN5S/c1-28-11-15-18-24-16(12-3-5-13(20)6-4-12)17(25(18)10-9-21-15)14-7-8-22-19(23-14)29(2,26)27;1-11-17-23-15(12-3-5-13(19)6-4-12)16(24(17)10-9-20-11)14-7-8-21-18(22-14)27(2,25)26;1-11-17-23-15(12-3-5-13(19)6-4-12)16(24(17)10-9-20-11)14-7-8-21-18(22-14)25-2/h3-10H,11H2,1-2H3;3-10H,1-2H3;3-10H,1-2H3. The van der Waals surface area contributed by atoms with Crippen LogP contribution >= 0.6 is 11.8 Å². The van der Waals surface area contributed by atoms with E-state index in [9.17, 15) is 30.0 Å². The minimum atomic E-state index is -3.60. The molecule has 0 atom stereocenters. The quantitative estimate of drug-likeness (QED) is 0.0864. The number of nitrogens with zero attached hydrogens (tertiary/aromatic N) is 15. The van der Waals surface area contributed by atoms with Gasteiger partial charge in [-0.3, -0.25) is 28.2 Å². The molecule has 20 nitrogen and oxygen atoms in total. The van der Waals surface area contributed by atoms with Crippen LogP contribution < -0.4 is 0 Å². The number of halogens is 3. The van der Waals surface area contributed by atoms with Crippen LogP contribution in [-0.4, -0.2) is 116 Å². The summed E-state index contributed by atoms with van der Waals surface area (Å²) in [7, 11) is -5.62. The molecule has 0 aliphatic carbocycles. The van der Waals surface area contributed by atoms with Gasteiger partial charge in [-0.15, -0.1) is 0 Å². The monoisotopic (exact) mass is 1150 g/mol. The Morgan fingerprint density at radius 2 is 0.815 bits per heavy atom. The van der Waals surface area contributed by atoms with Gasteiger partial charge in [0.15, 0.2) is 22.1 Å². The van der Waals surface area contributed by atoms with Gasteiger partial charge in [-0.05, 0) is 111 Å². The molecule has 3 aromatic carbocycles. The van der Waals surface area contributed by atoms with E-state index in [1.807, 2.05) is 36.8 Å². The Labute approximate surface area is 464 Å². The van der Waals surface area contributed by atoms with E-state index in [2.05, 4.69) is 54.8 Å². The van der Waals surface area contributed by atoms with Crippen molar-refractivity contribution in [3.8, 4) is 67.9 Å². The molecule has 408 valence electrons. The summed E-state index contributed by atoms with van der Waals surface area (Å²) in [6, 6.07) is 23.2. The summed E-state index contributed by atoms with van der Waals surface area (Å²) < 4.78 is 98.4. The summed E-state index contributed by atoms with van der Waals surface area (Å²) in [6.45, 7) is 3.97. The van der Waals surface area contributed by atoms with E-state index in [-0.39, 0.29) is 34.4 Å². The second-order valence-electron chi connectivity index (χ2n) is 17.8. The van der Waals surface area contributed by atoms with Gasteiger partial charge in [-0.1, -0.05) is 11.8 Å². The van der Waals surface area contributed by atoms with Gasteiger partial charge in [0.25, 0.3) is 0 Å². The van der Waals surface area contributed by atoms with Gasteiger partial charge in [0.2, 0.25) is 30.0 Å². The van der Waals surface area contributed by atoms with E-state index in [0.717, 1.165) is 46.5 Å². The molecule has 0 saturated heterocycles. The van der Waals surface area contributed by atoms with Crippen molar-refractivity contribution in [1.82, 2.24) is 73.0 Å². The third kappa shape index (κ3) is 11.6. The lowest BCUT2D eigenvalue weighted by atomic mass is 10.1. The highest BCUT2D eigenvalue weighted by molar-refractivity contribution is 7.98. The molecule has 12 aromatic rings. The maximum Gasteiger partial charge on any atom is 0.247 e. The second kappa shape index (κ2) is 22.9. The molecule has 0 unspecified atom stereocenters. The zero-order valence-electron chi connectivity index (χ0n) is 43.7. The first-order valence-corrected chi connectivity index (χ1v) is 29.1. The van der Waals surface area contributed by atoms with Gasteiger partial charge in [0.05, 0.1) is 69.2 Å². The lowest BCUT2D eigenvalue weighted by molar-refractivity contribution is 0.182. The number of benzene rings is 3. The summed E-state index contributed by atoms with van der Waals surface area (Å²) in [4.78, 5) is 52.0. The average molecular weight is 1150 g/mol. The van der Waals surface area contributed by atoms with Gasteiger partial charge >= 0.3 is 0 Å². The van der Waals surface area contributed by atoms with Crippen LogP contribution in [0.1, 0.15) is 17.1 Å². The molecule has 0 amide bonds. The van der Waals surface area contributed by atoms with E-state index in [0.29, 0.717) is 73.1 Å². The number of methoxy groups -OCH3 is 1. The van der Waals surface area contributed by atoms with Crippen LogP contribution in [0.25, 0.3) is 84.9 Å². The number of rotatable bonds is 11. The molecule has 0 radical (unpaired) electrons. The summed E-state index contributed by atoms with van der Waals surface area (Å²) in [5.41, 5.74) is 11.4. The van der Waals surface area contributed by atoms with E-state index in [1.165, 1.54) is 60.6 Å². The van der Waals surface area contributed by atoms with Crippen LogP contribution in [-0.2, 0) is 31.0 Å². The fraction of sp³-hybridized carbons (Fsp3) is 0.127. The van der Waals surface area contributed by atoms with Crippen molar-refractivity contribution in [1.29, 1.82) is 0 Å². The van der Waals surface area contributed by atoms with Crippen molar-refractivity contribution in [2.24, 2.45) is 0 Å². The van der Waals surface area contributed by atoms with Crippen LogP contribution in [0.3, 0.4) is 0 Å². The van der Waals surface area contributed by atoms with Crippen molar-refractivity contribution in [2.45, 2.75) is 35.9 Å². The number of aryl methyl sites for hydroxylation is 2. The van der Waals surface area contributed by atoms with Crippen LogP contribution in [0, 0.1) is 31.3 Å². The number of imidazole rings is 3. The second-order valence-corrected chi connectivity index (χ2v) is 22.4. The maximum atomic E-state index is 13.4. The molecule has 0 aliphatic rings.